The Morgan fingerprint density at radius 2 is 1.82 bits per heavy atom. The van der Waals surface area contributed by atoms with Crippen molar-refractivity contribution >= 4 is 5.97 Å². The molecule has 0 saturated carbocycles. The summed E-state index contributed by atoms with van der Waals surface area (Å²) in [5, 5.41) is 8.39. The van der Waals surface area contributed by atoms with Gasteiger partial charge in [-0.1, -0.05) is 0 Å². The molecule has 5 heteroatoms. The Kier molecular flexibility index (Phi) is 10.8. The number of hydrogen-bond donors (Lipinski definition) is 1. The van der Waals surface area contributed by atoms with E-state index < -0.39 is 12.3 Å². The van der Waals surface area contributed by atoms with Crippen LogP contribution in [0, 0.1) is 0 Å². The minimum Gasteiger partial charge on any atom is -1.00 e. The van der Waals surface area contributed by atoms with E-state index in [-0.39, 0.29) is 31.0 Å². The van der Waals surface area contributed by atoms with Crippen LogP contribution >= 0.6 is 0 Å². The van der Waals surface area contributed by atoms with Crippen molar-refractivity contribution in [3.63, 3.8) is 0 Å². The van der Waals surface area contributed by atoms with E-state index in [4.69, 9.17) is 14.6 Å². The molecule has 0 aliphatic carbocycles. The molecule has 0 aliphatic rings. The van der Waals surface area contributed by atoms with Crippen LogP contribution in [0.2, 0.25) is 0 Å². The maximum atomic E-state index is 10.2. The quantitative estimate of drug-likeness (QED) is 0.370. The fourth-order valence-electron chi connectivity index (χ4n) is 0.493. The first-order chi connectivity index (χ1) is 4.72. The van der Waals surface area contributed by atoms with E-state index in [0.29, 0.717) is 13.2 Å². The number of carboxylic acid groups (broad SMARTS) is 1. The molecule has 0 aromatic heterocycles. The first-order valence-electron chi connectivity index (χ1n) is 3.18. The summed E-state index contributed by atoms with van der Waals surface area (Å²) < 4.78 is 9.44. The predicted octanol–water partition coefficient (Wildman–Crippen LogP) is -2.41. The summed E-state index contributed by atoms with van der Waals surface area (Å²) in [7, 11) is 0. The number of carbonyl (C=O) groups is 1. The monoisotopic (exact) mass is 172 g/mol. The summed E-state index contributed by atoms with van der Waals surface area (Å²) in [6.07, 6.45) is -1.10. The van der Waals surface area contributed by atoms with E-state index in [2.05, 4.69) is 0 Å². The molecular formula is C6H13NaO4. The van der Waals surface area contributed by atoms with Crippen molar-refractivity contribution in [1.29, 1.82) is 0 Å². The minimum atomic E-state index is -1.10. The molecule has 0 aliphatic heterocycles. The molecule has 0 bridgehead atoms. The summed E-state index contributed by atoms with van der Waals surface area (Å²) >= 11 is 0. The molecule has 4 nitrogen and oxygen atoms in total. The zero-order chi connectivity index (χ0) is 7.98. The van der Waals surface area contributed by atoms with Crippen molar-refractivity contribution in [2.75, 3.05) is 13.2 Å². The van der Waals surface area contributed by atoms with Crippen molar-refractivity contribution in [2.45, 2.75) is 20.1 Å². The van der Waals surface area contributed by atoms with Gasteiger partial charge in [-0.3, -0.25) is 0 Å². The van der Waals surface area contributed by atoms with Crippen LogP contribution in [0.3, 0.4) is 0 Å². The van der Waals surface area contributed by atoms with Gasteiger partial charge >= 0.3 is 35.5 Å². The molecule has 62 valence electrons. The largest absolute Gasteiger partial charge is 1.00 e. The molecule has 11 heavy (non-hydrogen) atoms. The zero-order valence-corrected chi connectivity index (χ0v) is 9.16. The summed E-state index contributed by atoms with van der Waals surface area (Å²) in [6, 6.07) is 0. The van der Waals surface area contributed by atoms with Crippen LogP contribution in [0.1, 0.15) is 15.3 Å². The van der Waals surface area contributed by atoms with Crippen LogP contribution in [0.15, 0.2) is 0 Å². The molecule has 0 heterocycles. The summed E-state index contributed by atoms with van der Waals surface area (Å²) in [6.45, 7) is 4.12. The van der Waals surface area contributed by atoms with Gasteiger partial charge in [0.15, 0.2) is 0 Å². The SMILES string of the molecule is CCOC(OCC)C(=O)O.[H-].[Na+]. The van der Waals surface area contributed by atoms with E-state index in [1.807, 2.05) is 0 Å². The second kappa shape index (κ2) is 8.49. The molecule has 1 N–H and O–H groups in total. The molecule has 0 aromatic carbocycles. The Morgan fingerprint density at radius 1 is 1.45 bits per heavy atom. The Labute approximate surface area is 89.6 Å². The Balaban J connectivity index is -0.000000405. The van der Waals surface area contributed by atoms with Gasteiger partial charge in [-0.05, 0) is 13.8 Å². The number of rotatable bonds is 5. The number of hydrogen-bond acceptors (Lipinski definition) is 3. The van der Waals surface area contributed by atoms with E-state index in [9.17, 15) is 4.79 Å². The number of carboxylic acids is 1. The van der Waals surface area contributed by atoms with Gasteiger partial charge in [0.05, 0.1) is 0 Å². The van der Waals surface area contributed by atoms with Crippen LogP contribution in [0.25, 0.3) is 0 Å². The van der Waals surface area contributed by atoms with Gasteiger partial charge in [-0.2, -0.15) is 0 Å². The molecule has 0 aromatic rings. The standard InChI is InChI=1S/C6H12O4.Na.H/c1-3-9-6(5(7)8)10-4-2;;/h6H,3-4H2,1-2H3,(H,7,8);;/q;+1;-1. The first-order valence-corrected chi connectivity index (χ1v) is 3.18. The molecule has 0 rings (SSSR count). The average Bonchev–Trinajstić information content (AvgIpc) is 1.87. The number of ether oxygens (including phenoxy) is 2. The maximum Gasteiger partial charge on any atom is 1.00 e. The molecule has 0 unspecified atom stereocenters. The molecule has 0 fully saturated rings. The molecule has 0 spiro atoms. The van der Waals surface area contributed by atoms with E-state index in [1.54, 1.807) is 13.8 Å². The summed E-state index contributed by atoms with van der Waals surface area (Å²) in [5.41, 5.74) is 0. The summed E-state index contributed by atoms with van der Waals surface area (Å²) in [4.78, 5) is 10.2. The van der Waals surface area contributed by atoms with E-state index in [0.717, 1.165) is 0 Å². The van der Waals surface area contributed by atoms with Crippen molar-refractivity contribution in [3.8, 4) is 0 Å². The predicted molar refractivity (Wildman–Crippen MR) is 35.8 cm³/mol. The Bertz CT molecular complexity index is 106. The first kappa shape index (κ1) is 13.9. The summed E-state index contributed by atoms with van der Waals surface area (Å²) in [5.74, 6) is -1.08. The normalized spacial score (nSPS) is 9.36. The van der Waals surface area contributed by atoms with Gasteiger partial charge < -0.3 is 16.0 Å². The van der Waals surface area contributed by atoms with Gasteiger partial charge in [-0.25, -0.2) is 4.79 Å². The van der Waals surface area contributed by atoms with Crippen LogP contribution in [-0.4, -0.2) is 30.6 Å². The molecular weight excluding hydrogens is 159 g/mol. The molecule has 0 amide bonds. The van der Waals surface area contributed by atoms with Crippen LogP contribution in [0.4, 0.5) is 0 Å². The third kappa shape index (κ3) is 6.77. The molecule has 0 radical (unpaired) electrons. The Morgan fingerprint density at radius 3 is 2.00 bits per heavy atom. The number of aliphatic carboxylic acids is 1. The molecule has 0 saturated heterocycles. The third-order valence-electron chi connectivity index (χ3n) is 0.838. The topological polar surface area (TPSA) is 55.8 Å². The van der Waals surface area contributed by atoms with Gasteiger partial charge in [0.25, 0.3) is 6.29 Å². The van der Waals surface area contributed by atoms with Gasteiger partial charge in [0.2, 0.25) is 0 Å². The zero-order valence-electron chi connectivity index (χ0n) is 8.16. The second-order valence-electron chi connectivity index (χ2n) is 1.58. The second-order valence-corrected chi connectivity index (χ2v) is 1.58. The van der Waals surface area contributed by atoms with Gasteiger partial charge in [-0.15, -0.1) is 0 Å². The van der Waals surface area contributed by atoms with Crippen molar-refractivity contribution in [3.05, 3.63) is 0 Å². The van der Waals surface area contributed by atoms with Crippen LogP contribution < -0.4 is 29.6 Å². The molecule has 0 atom stereocenters. The smallest absolute Gasteiger partial charge is 1.00 e. The fraction of sp³-hybridized carbons (Fsp3) is 0.833. The third-order valence-corrected chi connectivity index (χ3v) is 0.838. The van der Waals surface area contributed by atoms with E-state index in [1.165, 1.54) is 0 Å². The fourth-order valence-corrected chi connectivity index (χ4v) is 0.493. The van der Waals surface area contributed by atoms with Crippen molar-refractivity contribution in [2.24, 2.45) is 0 Å². The van der Waals surface area contributed by atoms with Gasteiger partial charge in [0, 0.05) is 13.2 Å². The van der Waals surface area contributed by atoms with Crippen LogP contribution in [0.5, 0.6) is 0 Å². The van der Waals surface area contributed by atoms with E-state index >= 15 is 0 Å². The van der Waals surface area contributed by atoms with Crippen molar-refractivity contribution < 1.29 is 50.4 Å². The average molecular weight is 172 g/mol. The maximum absolute atomic E-state index is 10.2. The Hall–Kier alpha value is 0.390. The van der Waals surface area contributed by atoms with Gasteiger partial charge in [0.1, 0.15) is 0 Å². The van der Waals surface area contributed by atoms with Crippen LogP contribution in [-0.2, 0) is 14.3 Å². The van der Waals surface area contributed by atoms with Crippen molar-refractivity contribution in [1.82, 2.24) is 0 Å². The minimum absolute atomic E-state index is 0.